The maximum absolute atomic E-state index is 13.9. The van der Waals surface area contributed by atoms with Crippen LogP contribution in [-0.2, 0) is 9.59 Å². The molecule has 1 aliphatic heterocycles. The predicted molar refractivity (Wildman–Crippen MR) is 111 cm³/mol. The van der Waals surface area contributed by atoms with E-state index >= 15 is 0 Å². The van der Waals surface area contributed by atoms with Crippen LogP contribution in [0.3, 0.4) is 0 Å². The first-order valence-electron chi connectivity index (χ1n) is 9.35. The van der Waals surface area contributed by atoms with E-state index < -0.39 is 40.0 Å². The Bertz CT molecular complexity index is 1290. The number of nitro benzene ring substituents is 1. The SMILES string of the molecule is O=C1C(=O)N(c2ccc(F)c(F)c2)C(c2ccccc2)/C1=C(\O)c1cccc([N+](=O)[O-])c1. The fraction of sp³-hybridized carbons (Fsp3) is 0.0435. The van der Waals surface area contributed by atoms with Crippen molar-refractivity contribution in [2.75, 3.05) is 4.90 Å². The topological polar surface area (TPSA) is 101 Å². The Hall–Kier alpha value is -4.40. The van der Waals surface area contributed by atoms with Crippen LogP contribution in [0.2, 0.25) is 0 Å². The van der Waals surface area contributed by atoms with Gasteiger partial charge in [-0.1, -0.05) is 42.5 Å². The summed E-state index contributed by atoms with van der Waals surface area (Å²) >= 11 is 0. The molecule has 1 saturated heterocycles. The molecule has 1 amide bonds. The van der Waals surface area contributed by atoms with Gasteiger partial charge in [0.05, 0.1) is 16.5 Å². The summed E-state index contributed by atoms with van der Waals surface area (Å²) in [6, 6.07) is 14.8. The van der Waals surface area contributed by atoms with Gasteiger partial charge in [0, 0.05) is 29.4 Å². The minimum Gasteiger partial charge on any atom is -0.507 e. The van der Waals surface area contributed by atoms with Crippen molar-refractivity contribution in [3.8, 4) is 0 Å². The number of anilines is 1. The zero-order valence-corrected chi connectivity index (χ0v) is 16.2. The number of halogens is 2. The molecule has 1 heterocycles. The Morgan fingerprint density at radius 2 is 1.66 bits per heavy atom. The lowest BCUT2D eigenvalue weighted by atomic mass is 9.95. The third-order valence-corrected chi connectivity index (χ3v) is 5.07. The van der Waals surface area contributed by atoms with E-state index in [1.165, 1.54) is 18.2 Å². The van der Waals surface area contributed by atoms with Crippen LogP contribution < -0.4 is 4.90 Å². The van der Waals surface area contributed by atoms with E-state index in [9.17, 15) is 33.6 Å². The number of hydrogen-bond acceptors (Lipinski definition) is 5. The van der Waals surface area contributed by atoms with E-state index in [1.807, 2.05) is 0 Å². The summed E-state index contributed by atoms with van der Waals surface area (Å²) in [5.74, 6) is -5.08. The molecule has 1 atom stereocenters. The molecule has 1 aliphatic rings. The number of rotatable bonds is 4. The summed E-state index contributed by atoms with van der Waals surface area (Å²) in [5.41, 5.74) is -0.351. The summed E-state index contributed by atoms with van der Waals surface area (Å²) in [6.45, 7) is 0. The predicted octanol–water partition coefficient (Wildman–Crippen LogP) is 4.50. The number of aliphatic hydroxyl groups excluding tert-OH is 1. The normalized spacial score (nSPS) is 17.6. The van der Waals surface area contributed by atoms with E-state index in [-0.39, 0.29) is 22.5 Å². The van der Waals surface area contributed by atoms with Crippen molar-refractivity contribution in [3.63, 3.8) is 0 Å². The molecule has 9 heteroatoms. The van der Waals surface area contributed by atoms with Gasteiger partial charge in [-0.15, -0.1) is 0 Å². The summed E-state index contributed by atoms with van der Waals surface area (Å²) in [5, 5.41) is 22.0. The Morgan fingerprint density at radius 3 is 2.31 bits per heavy atom. The second-order valence-electron chi connectivity index (χ2n) is 6.99. The second kappa shape index (κ2) is 8.03. The largest absolute Gasteiger partial charge is 0.507 e. The molecule has 0 spiro atoms. The highest BCUT2D eigenvalue weighted by molar-refractivity contribution is 6.51. The molecule has 3 aromatic rings. The number of aliphatic hydroxyl groups is 1. The maximum Gasteiger partial charge on any atom is 0.300 e. The van der Waals surface area contributed by atoms with Crippen molar-refractivity contribution in [1.29, 1.82) is 0 Å². The Balaban J connectivity index is 1.95. The number of carbonyl (C=O) groups is 2. The van der Waals surface area contributed by atoms with Crippen molar-refractivity contribution < 1.29 is 28.4 Å². The molecule has 160 valence electrons. The lowest BCUT2D eigenvalue weighted by molar-refractivity contribution is -0.384. The zero-order valence-electron chi connectivity index (χ0n) is 16.2. The fourth-order valence-corrected chi connectivity index (χ4v) is 3.61. The van der Waals surface area contributed by atoms with Crippen molar-refractivity contribution in [3.05, 3.63) is 111 Å². The molecule has 0 aliphatic carbocycles. The summed E-state index contributed by atoms with van der Waals surface area (Å²) in [6.07, 6.45) is 0. The zero-order chi connectivity index (χ0) is 23.0. The van der Waals surface area contributed by atoms with Crippen LogP contribution in [0.1, 0.15) is 17.2 Å². The lowest BCUT2D eigenvalue weighted by Crippen LogP contribution is -2.29. The summed E-state index contributed by atoms with van der Waals surface area (Å²) < 4.78 is 27.4. The number of ketones is 1. The molecule has 0 saturated carbocycles. The lowest BCUT2D eigenvalue weighted by Gasteiger charge is -2.25. The van der Waals surface area contributed by atoms with E-state index in [0.717, 1.165) is 29.2 Å². The van der Waals surface area contributed by atoms with Gasteiger partial charge < -0.3 is 5.11 Å². The number of nitrogens with zero attached hydrogens (tertiary/aromatic N) is 2. The molecule has 7 nitrogen and oxygen atoms in total. The first-order chi connectivity index (χ1) is 15.3. The van der Waals surface area contributed by atoms with Gasteiger partial charge in [0.1, 0.15) is 5.76 Å². The molecule has 0 radical (unpaired) electrons. The minimum absolute atomic E-state index is 0.0385. The van der Waals surface area contributed by atoms with Crippen LogP contribution in [0.25, 0.3) is 5.76 Å². The first-order valence-corrected chi connectivity index (χ1v) is 9.35. The fourth-order valence-electron chi connectivity index (χ4n) is 3.61. The van der Waals surface area contributed by atoms with Crippen LogP contribution in [-0.4, -0.2) is 21.7 Å². The quantitative estimate of drug-likeness (QED) is 0.213. The highest BCUT2D eigenvalue weighted by Crippen LogP contribution is 2.42. The number of nitro groups is 1. The van der Waals surface area contributed by atoms with Crippen LogP contribution in [0, 0.1) is 21.7 Å². The van der Waals surface area contributed by atoms with Gasteiger partial charge in [-0.2, -0.15) is 0 Å². The monoisotopic (exact) mass is 436 g/mol. The van der Waals surface area contributed by atoms with Crippen LogP contribution in [0.5, 0.6) is 0 Å². The molecular weight excluding hydrogens is 422 g/mol. The van der Waals surface area contributed by atoms with Crippen molar-refractivity contribution in [2.45, 2.75) is 6.04 Å². The molecule has 3 aromatic carbocycles. The van der Waals surface area contributed by atoms with E-state index in [0.29, 0.717) is 5.56 Å². The van der Waals surface area contributed by atoms with Crippen LogP contribution >= 0.6 is 0 Å². The third kappa shape index (κ3) is 3.49. The molecule has 4 rings (SSSR count). The van der Waals surface area contributed by atoms with Gasteiger partial charge >= 0.3 is 0 Å². The highest BCUT2D eigenvalue weighted by Gasteiger charge is 2.47. The van der Waals surface area contributed by atoms with Crippen molar-refractivity contribution in [2.24, 2.45) is 0 Å². The molecule has 1 fully saturated rings. The number of hydrogen-bond donors (Lipinski definition) is 1. The molecule has 0 bridgehead atoms. The molecular formula is C23H14F2N2O5. The van der Waals surface area contributed by atoms with Gasteiger partial charge in [0.2, 0.25) is 0 Å². The standard InChI is InChI=1S/C23H14F2N2O5/c24-17-10-9-15(12-18(17)25)26-20(13-5-2-1-3-6-13)19(22(29)23(26)30)21(28)14-7-4-8-16(11-14)27(31)32/h1-12,20,28H/b21-19+. The van der Waals surface area contributed by atoms with E-state index in [4.69, 9.17) is 0 Å². The van der Waals surface area contributed by atoms with Gasteiger partial charge in [-0.25, -0.2) is 8.78 Å². The number of Topliss-reactive ketones (excluding diaryl/α,β-unsaturated/α-hetero) is 1. The minimum atomic E-state index is -1.21. The van der Waals surface area contributed by atoms with E-state index in [2.05, 4.69) is 0 Å². The van der Waals surface area contributed by atoms with Crippen LogP contribution in [0.4, 0.5) is 20.2 Å². The average Bonchev–Trinajstić information content (AvgIpc) is 3.06. The van der Waals surface area contributed by atoms with Crippen LogP contribution in [0.15, 0.2) is 78.4 Å². The maximum atomic E-state index is 13.9. The van der Waals surface area contributed by atoms with Gasteiger partial charge in [-0.05, 0) is 17.7 Å². The van der Waals surface area contributed by atoms with Gasteiger partial charge in [-0.3, -0.25) is 24.6 Å². The third-order valence-electron chi connectivity index (χ3n) is 5.07. The summed E-state index contributed by atoms with van der Waals surface area (Å²) in [4.78, 5) is 37.3. The molecule has 0 aromatic heterocycles. The Kier molecular flexibility index (Phi) is 5.23. The first kappa shape index (κ1) is 20.9. The Labute approximate surface area is 180 Å². The van der Waals surface area contributed by atoms with Gasteiger partial charge in [0.25, 0.3) is 17.4 Å². The molecule has 32 heavy (non-hydrogen) atoms. The number of benzene rings is 3. The Morgan fingerprint density at radius 1 is 0.938 bits per heavy atom. The molecule has 1 N–H and O–H groups in total. The van der Waals surface area contributed by atoms with Crippen molar-refractivity contribution in [1.82, 2.24) is 0 Å². The smallest absolute Gasteiger partial charge is 0.300 e. The average molecular weight is 436 g/mol. The number of carbonyl (C=O) groups excluding carboxylic acids is 2. The van der Waals surface area contributed by atoms with E-state index in [1.54, 1.807) is 30.3 Å². The summed E-state index contributed by atoms with van der Waals surface area (Å²) in [7, 11) is 0. The number of amides is 1. The molecule has 1 unspecified atom stereocenters. The highest BCUT2D eigenvalue weighted by atomic mass is 19.2. The second-order valence-corrected chi connectivity index (χ2v) is 6.99. The van der Waals surface area contributed by atoms with Gasteiger partial charge in [0.15, 0.2) is 11.6 Å². The number of non-ortho nitro benzene ring substituents is 1. The van der Waals surface area contributed by atoms with Crippen molar-refractivity contribution >= 4 is 28.8 Å².